The lowest BCUT2D eigenvalue weighted by molar-refractivity contribution is -0.116. The van der Waals surface area contributed by atoms with Gasteiger partial charge < -0.3 is 15.3 Å². The van der Waals surface area contributed by atoms with Crippen molar-refractivity contribution in [3.8, 4) is 0 Å². The molecule has 1 heterocycles. The van der Waals surface area contributed by atoms with Gasteiger partial charge in [0.05, 0.1) is 6.10 Å². The van der Waals surface area contributed by atoms with Gasteiger partial charge in [-0.1, -0.05) is 19.1 Å². The number of nitrogens with one attached hydrogen (secondary N) is 1. The van der Waals surface area contributed by atoms with Gasteiger partial charge in [0.25, 0.3) is 0 Å². The lowest BCUT2D eigenvalue weighted by Crippen LogP contribution is -2.42. The van der Waals surface area contributed by atoms with Crippen LogP contribution in [0.4, 0.5) is 5.69 Å². The molecule has 0 spiro atoms. The van der Waals surface area contributed by atoms with E-state index in [1.54, 1.807) is 0 Å². The standard InChI is InChI=1S/C17H26N2O2/c1-13-5-3-6-15(11-13)18-17(21)7-4-9-19-10-8-16(20)14(2)12-19/h3,5-6,11,14,16,20H,4,7-10,12H2,1-2H3,(H,18,21). The number of aliphatic hydroxyl groups is 1. The molecule has 2 rings (SSSR count). The number of nitrogens with zero attached hydrogens (tertiary/aromatic N) is 1. The van der Waals surface area contributed by atoms with Crippen molar-refractivity contribution in [1.82, 2.24) is 4.90 Å². The molecule has 4 heteroatoms. The maximum atomic E-state index is 11.9. The zero-order valence-electron chi connectivity index (χ0n) is 13.0. The molecule has 4 nitrogen and oxygen atoms in total. The Hall–Kier alpha value is -1.39. The molecule has 2 N–H and O–H groups in total. The first-order chi connectivity index (χ1) is 10.0. The second-order valence-electron chi connectivity index (χ2n) is 6.16. The van der Waals surface area contributed by atoms with Crippen molar-refractivity contribution >= 4 is 11.6 Å². The maximum absolute atomic E-state index is 11.9. The third-order valence-corrected chi connectivity index (χ3v) is 4.12. The molecule has 1 saturated heterocycles. The highest BCUT2D eigenvalue weighted by Gasteiger charge is 2.23. The quantitative estimate of drug-likeness (QED) is 0.875. The predicted octanol–water partition coefficient (Wildman–Crippen LogP) is 2.42. The summed E-state index contributed by atoms with van der Waals surface area (Å²) < 4.78 is 0. The van der Waals surface area contributed by atoms with Crippen molar-refractivity contribution in [3.05, 3.63) is 29.8 Å². The summed E-state index contributed by atoms with van der Waals surface area (Å²) in [4.78, 5) is 14.3. The van der Waals surface area contributed by atoms with E-state index in [9.17, 15) is 9.90 Å². The van der Waals surface area contributed by atoms with Crippen LogP contribution in [0.1, 0.15) is 31.7 Å². The lowest BCUT2D eigenvalue weighted by Gasteiger charge is -2.34. The smallest absolute Gasteiger partial charge is 0.224 e. The number of piperidine rings is 1. The highest BCUT2D eigenvalue weighted by Crippen LogP contribution is 2.17. The van der Waals surface area contributed by atoms with E-state index in [1.807, 2.05) is 31.2 Å². The SMILES string of the molecule is Cc1cccc(NC(=O)CCCN2CCC(O)C(C)C2)c1. The van der Waals surface area contributed by atoms with Crippen LogP contribution in [0.5, 0.6) is 0 Å². The molecular weight excluding hydrogens is 264 g/mol. The van der Waals surface area contributed by atoms with Crippen molar-refractivity contribution in [3.63, 3.8) is 0 Å². The van der Waals surface area contributed by atoms with E-state index in [1.165, 1.54) is 0 Å². The van der Waals surface area contributed by atoms with Crippen LogP contribution in [0.25, 0.3) is 0 Å². The summed E-state index contributed by atoms with van der Waals surface area (Å²) in [6.07, 6.45) is 2.09. The van der Waals surface area contributed by atoms with E-state index in [-0.39, 0.29) is 12.0 Å². The molecule has 2 unspecified atom stereocenters. The Morgan fingerprint density at radius 1 is 1.48 bits per heavy atom. The number of hydrogen-bond acceptors (Lipinski definition) is 3. The molecule has 1 amide bonds. The van der Waals surface area contributed by atoms with Crippen molar-refractivity contribution in [1.29, 1.82) is 0 Å². The minimum Gasteiger partial charge on any atom is -0.393 e. The Bertz CT molecular complexity index is 476. The molecule has 1 aromatic carbocycles. The summed E-state index contributed by atoms with van der Waals surface area (Å²) in [5.41, 5.74) is 2.02. The Labute approximate surface area is 127 Å². The number of likely N-dealkylation sites (tertiary alicyclic amines) is 1. The van der Waals surface area contributed by atoms with Gasteiger partial charge in [-0.2, -0.15) is 0 Å². The highest BCUT2D eigenvalue weighted by molar-refractivity contribution is 5.90. The number of amides is 1. The van der Waals surface area contributed by atoms with E-state index < -0.39 is 0 Å². The van der Waals surface area contributed by atoms with E-state index in [4.69, 9.17) is 0 Å². The van der Waals surface area contributed by atoms with Crippen LogP contribution in [0.2, 0.25) is 0 Å². The van der Waals surface area contributed by atoms with Gasteiger partial charge >= 0.3 is 0 Å². The van der Waals surface area contributed by atoms with Gasteiger partial charge in [0.15, 0.2) is 0 Å². The van der Waals surface area contributed by atoms with Crippen LogP contribution in [-0.4, -0.2) is 41.7 Å². The normalized spacial score (nSPS) is 23.0. The van der Waals surface area contributed by atoms with Crippen LogP contribution < -0.4 is 5.32 Å². The van der Waals surface area contributed by atoms with Gasteiger partial charge in [0.2, 0.25) is 5.91 Å². The zero-order valence-corrected chi connectivity index (χ0v) is 13.0. The van der Waals surface area contributed by atoms with Crippen LogP contribution in [-0.2, 0) is 4.79 Å². The molecule has 116 valence electrons. The van der Waals surface area contributed by atoms with Crippen LogP contribution >= 0.6 is 0 Å². The number of rotatable bonds is 5. The van der Waals surface area contributed by atoms with Crippen LogP contribution in [0, 0.1) is 12.8 Å². The minimum atomic E-state index is -0.161. The molecule has 1 aliphatic rings. The molecule has 0 saturated carbocycles. The summed E-state index contributed by atoms with van der Waals surface area (Å²) in [6.45, 7) is 6.90. The summed E-state index contributed by atoms with van der Waals surface area (Å²) in [5.74, 6) is 0.408. The van der Waals surface area contributed by atoms with E-state index in [0.29, 0.717) is 12.3 Å². The van der Waals surface area contributed by atoms with Gasteiger partial charge in [-0.25, -0.2) is 0 Å². The van der Waals surface area contributed by atoms with Gasteiger partial charge in [-0.15, -0.1) is 0 Å². The maximum Gasteiger partial charge on any atom is 0.224 e. The number of aryl methyl sites for hydroxylation is 1. The molecule has 0 bridgehead atoms. The molecule has 1 aromatic rings. The molecule has 0 radical (unpaired) electrons. The third-order valence-electron chi connectivity index (χ3n) is 4.12. The average Bonchev–Trinajstić information content (AvgIpc) is 2.43. The van der Waals surface area contributed by atoms with Gasteiger partial charge in [0, 0.05) is 25.2 Å². The third kappa shape index (κ3) is 5.14. The van der Waals surface area contributed by atoms with E-state index >= 15 is 0 Å². The van der Waals surface area contributed by atoms with E-state index in [2.05, 4.69) is 17.1 Å². The Morgan fingerprint density at radius 2 is 2.29 bits per heavy atom. The summed E-state index contributed by atoms with van der Waals surface area (Å²) in [5, 5.41) is 12.6. The number of carbonyl (C=O) groups excluding carboxylic acids is 1. The lowest BCUT2D eigenvalue weighted by atomic mass is 9.96. The largest absolute Gasteiger partial charge is 0.393 e. The first-order valence-electron chi connectivity index (χ1n) is 7.81. The van der Waals surface area contributed by atoms with Crippen LogP contribution in [0.3, 0.4) is 0 Å². The zero-order chi connectivity index (χ0) is 15.2. The predicted molar refractivity (Wildman–Crippen MR) is 85.3 cm³/mol. The molecule has 1 aliphatic heterocycles. The Kier molecular flexibility index (Phi) is 5.76. The molecular formula is C17H26N2O2. The van der Waals surface area contributed by atoms with E-state index in [0.717, 1.165) is 43.7 Å². The van der Waals surface area contributed by atoms with Crippen molar-refractivity contribution in [2.75, 3.05) is 25.0 Å². The summed E-state index contributed by atoms with van der Waals surface area (Å²) in [6, 6.07) is 7.86. The number of carbonyl (C=O) groups is 1. The van der Waals surface area contributed by atoms with Crippen molar-refractivity contribution in [2.45, 2.75) is 39.2 Å². The number of benzene rings is 1. The van der Waals surface area contributed by atoms with Crippen LogP contribution in [0.15, 0.2) is 24.3 Å². The molecule has 0 aliphatic carbocycles. The Morgan fingerprint density at radius 3 is 3.00 bits per heavy atom. The van der Waals surface area contributed by atoms with Gasteiger partial charge in [-0.05, 0) is 49.9 Å². The second-order valence-corrected chi connectivity index (χ2v) is 6.16. The summed E-state index contributed by atoms with van der Waals surface area (Å²) in [7, 11) is 0. The fraction of sp³-hybridized carbons (Fsp3) is 0.588. The average molecular weight is 290 g/mol. The number of aliphatic hydroxyl groups excluding tert-OH is 1. The fourth-order valence-corrected chi connectivity index (χ4v) is 2.83. The molecule has 21 heavy (non-hydrogen) atoms. The number of anilines is 1. The second kappa shape index (κ2) is 7.57. The van der Waals surface area contributed by atoms with Gasteiger partial charge in [0.1, 0.15) is 0 Å². The van der Waals surface area contributed by atoms with Gasteiger partial charge in [-0.3, -0.25) is 4.79 Å². The molecule has 1 fully saturated rings. The Balaban J connectivity index is 1.68. The highest BCUT2D eigenvalue weighted by atomic mass is 16.3. The first-order valence-corrected chi connectivity index (χ1v) is 7.81. The topological polar surface area (TPSA) is 52.6 Å². The molecule has 2 atom stereocenters. The van der Waals surface area contributed by atoms with Crippen molar-refractivity contribution in [2.24, 2.45) is 5.92 Å². The first kappa shape index (κ1) is 16.0. The number of hydrogen-bond donors (Lipinski definition) is 2. The molecule has 0 aromatic heterocycles. The summed E-state index contributed by atoms with van der Waals surface area (Å²) >= 11 is 0. The van der Waals surface area contributed by atoms with Crippen molar-refractivity contribution < 1.29 is 9.90 Å². The monoisotopic (exact) mass is 290 g/mol. The fourth-order valence-electron chi connectivity index (χ4n) is 2.83. The minimum absolute atomic E-state index is 0.0747.